The second kappa shape index (κ2) is 7.90. The van der Waals surface area contributed by atoms with Crippen molar-refractivity contribution in [3.05, 3.63) is 59.2 Å². The fourth-order valence-electron chi connectivity index (χ4n) is 2.40. The van der Waals surface area contributed by atoms with Gasteiger partial charge in [-0.05, 0) is 38.1 Å². The number of ether oxygens (including phenoxy) is 1. The van der Waals surface area contributed by atoms with Gasteiger partial charge in [-0.3, -0.25) is 4.79 Å². The number of carbonyl (C=O) groups is 1. The highest BCUT2D eigenvalue weighted by molar-refractivity contribution is 7.13. The predicted molar refractivity (Wildman–Crippen MR) is 100 cm³/mol. The molecule has 1 N–H and O–H groups in total. The van der Waals surface area contributed by atoms with Crippen LogP contribution in [0.15, 0.2) is 47.8 Å². The molecule has 0 aliphatic rings. The minimum atomic E-state index is -0.131. The normalized spacial score (nSPS) is 10.5. The van der Waals surface area contributed by atoms with Crippen LogP contribution < -0.4 is 10.1 Å². The number of amides is 1. The summed E-state index contributed by atoms with van der Waals surface area (Å²) >= 11 is 1.51. The summed E-state index contributed by atoms with van der Waals surface area (Å²) < 4.78 is 5.65. The fraction of sp³-hybridized carbons (Fsp3) is 0.211. The van der Waals surface area contributed by atoms with Gasteiger partial charge >= 0.3 is 0 Å². The van der Waals surface area contributed by atoms with Gasteiger partial charge in [0.25, 0.3) is 0 Å². The van der Waals surface area contributed by atoms with Crippen molar-refractivity contribution in [3.8, 4) is 16.3 Å². The van der Waals surface area contributed by atoms with Crippen molar-refractivity contribution >= 4 is 23.1 Å². The molecule has 0 saturated heterocycles. The van der Waals surface area contributed by atoms with Gasteiger partial charge in [-0.25, -0.2) is 9.97 Å². The minimum Gasteiger partial charge on any atom is -0.493 e. The molecule has 0 aliphatic carbocycles. The molecule has 5 nitrogen and oxygen atoms in total. The molecule has 128 valence electrons. The number of nitrogens with one attached hydrogen (secondary N) is 1. The van der Waals surface area contributed by atoms with Crippen LogP contribution in [0.2, 0.25) is 0 Å². The third-order valence-electron chi connectivity index (χ3n) is 3.47. The lowest BCUT2D eigenvalue weighted by Crippen LogP contribution is -2.15. The number of thiazole rings is 1. The van der Waals surface area contributed by atoms with Gasteiger partial charge < -0.3 is 10.1 Å². The zero-order chi connectivity index (χ0) is 17.6. The lowest BCUT2D eigenvalue weighted by atomic mass is 10.2. The number of benzene rings is 1. The first-order chi connectivity index (χ1) is 12.2. The van der Waals surface area contributed by atoms with Gasteiger partial charge in [-0.1, -0.05) is 18.2 Å². The van der Waals surface area contributed by atoms with E-state index in [-0.39, 0.29) is 12.3 Å². The molecule has 0 atom stereocenters. The lowest BCUT2D eigenvalue weighted by molar-refractivity contribution is -0.115. The van der Waals surface area contributed by atoms with E-state index in [2.05, 4.69) is 15.3 Å². The highest BCUT2D eigenvalue weighted by Gasteiger charge is 2.12. The van der Waals surface area contributed by atoms with Crippen LogP contribution in [0, 0.1) is 6.92 Å². The number of anilines is 1. The third-order valence-corrected chi connectivity index (χ3v) is 4.39. The second-order valence-electron chi connectivity index (χ2n) is 5.46. The van der Waals surface area contributed by atoms with E-state index in [1.165, 1.54) is 11.3 Å². The number of hydrogen-bond donors (Lipinski definition) is 1. The maximum Gasteiger partial charge on any atom is 0.231 e. The van der Waals surface area contributed by atoms with Crippen molar-refractivity contribution in [2.75, 3.05) is 11.9 Å². The van der Waals surface area contributed by atoms with Gasteiger partial charge in [0.1, 0.15) is 16.6 Å². The molecule has 0 spiro atoms. The lowest BCUT2D eigenvalue weighted by Gasteiger charge is -2.07. The number of hydrogen-bond acceptors (Lipinski definition) is 5. The van der Waals surface area contributed by atoms with E-state index in [0.717, 1.165) is 27.7 Å². The van der Waals surface area contributed by atoms with E-state index >= 15 is 0 Å². The van der Waals surface area contributed by atoms with Crippen LogP contribution in [0.4, 0.5) is 5.82 Å². The summed E-state index contributed by atoms with van der Waals surface area (Å²) in [5, 5.41) is 5.55. The average molecular weight is 353 g/mol. The molecule has 25 heavy (non-hydrogen) atoms. The number of carbonyl (C=O) groups excluding carboxylic acids is 1. The van der Waals surface area contributed by atoms with Crippen LogP contribution in [0.3, 0.4) is 0 Å². The first-order valence-corrected chi connectivity index (χ1v) is 8.94. The Labute approximate surface area is 150 Å². The Morgan fingerprint density at radius 3 is 2.80 bits per heavy atom. The molecule has 3 rings (SSSR count). The molecule has 0 aliphatic heterocycles. The summed E-state index contributed by atoms with van der Waals surface area (Å²) in [5.74, 6) is 1.23. The smallest absolute Gasteiger partial charge is 0.231 e. The van der Waals surface area contributed by atoms with Crippen molar-refractivity contribution < 1.29 is 9.53 Å². The average Bonchev–Trinajstić information content (AvgIpc) is 3.04. The predicted octanol–water partition coefficient (Wildman–Crippen LogP) is 4.09. The number of nitrogens with zero attached hydrogens (tertiary/aromatic N) is 2. The van der Waals surface area contributed by atoms with Crippen LogP contribution >= 0.6 is 11.3 Å². The highest BCUT2D eigenvalue weighted by Crippen LogP contribution is 2.32. The number of pyridine rings is 1. The quantitative estimate of drug-likeness (QED) is 0.725. The summed E-state index contributed by atoms with van der Waals surface area (Å²) in [6.45, 7) is 4.44. The summed E-state index contributed by atoms with van der Waals surface area (Å²) in [6.07, 6.45) is 0.211. The maximum absolute atomic E-state index is 12.2. The van der Waals surface area contributed by atoms with Gasteiger partial charge in [0.15, 0.2) is 0 Å². The van der Waals surface area contributed by atoms with Crippen LogP contribution in [0.5, 0.6) is 5.75 Å². The van der Waals surface area contributed by atoms with Crippen molar-refractivity contribution in [2.24, 2.45) is 0 Å². The zero-order valence-corrected chi connectivity index (χ0v) is 15.0. The Bertz CT molecular complexity index is 876. The molecule has 0 unspecified atom stereocenters. The fourth-order valence-corrected chi connectivity index (χ4v) is 3.25. The van der Waals surface area contributed by atoms with Gasteiger partial charge in [0, 0.05) is 11.1 Å². The van der Waals surface area contributed by atoms with Gasteiger partial charge in [-0.2, -0.15) is 0 Å². The molecule has 1 amide bonds. The van der Waals surface area contributed by atoms with E-state index in [0.29, 0.717) is 12.4 Å². The minimum absolute atomic E-state index is 0.131. The molecule has 6 heteroatoms. The molecule has 0 radical (unpaired) electrons. The standard InChI is InChI=1S/C19H19N3O2S/c1-3-24-16-9-5-4-8-15(16)19-21-14(12-25-19)11-18(23)22-17-10-6-7-13(2)20-17/h4-10,12H,3,11H2,1-2H3,(H,20,22,23). The molecule has 3 aromatic rings. The molecule has 2 aromatic heterocycles. The largest absolute Gasteiger partial charge is 0.493 e. The van der Waals surface area contributed by atoms with Crippen molar-refractivity contribution in [3.63, 3.8) is 0 Å². The molecular weight excluding hydrogens is 334 g/mol. The Morgan fingerprint density at radius 1 is 1.16 bits per heavy atom. The number of aryl methyl sites for hydroxylation is 1. The number of aromatic nitrogens is 2. The Balaban J connectivity index is 1.70. The first kappa shape index (κ1) is 17.1. The maximum atomic E-state index is 12.2. The van der Waals surface area contributed by atoms with E-state index < -0.39 is 0 Å². The zero-order valence-electron chi connectivity index (χ0n) is 14.2. The summed E-state index contributed by atoms with van der Waals surface area (Å²) in [4.78, 5) is 21.1. The van der Waals surface area contributed by atoms with Crippen LogP contribution in [-0.2, 0) is 11.2 Å². The van der Waals surface area contributed by atoms with E-state index in [4.69, 9.17) is 4.74 Å². The second-order valence-corrected chi connectivity index (χ2v) is 6.32. The molecule has 0 saturated carbocycles. The highest BCUT2D eigenvalue weighted by atomic mass is 32.1. The monoisotopic (exact) mass is 353 g/mol. The molecule has 1 aromatic carbocycles. The van der Waals surface area contributed by atoms with Crippen molar-refractivity contribution in [1.82, 2.24) is 9.97 Å². The van der Waals surface area contributed by atoms with Crippen molar-refractivity contribution in [1.29, 1.82) is 0 Å². The first-order valence-electron chi connectivity index (χ1n) is 8.06. The van der Waals surface area contributed by atoms with Gasteiger partial charge in [-0.15, -0.1) is 11.3 Å². The Hall–Kier alpha value is -2.73. The van der Waals surface area contributed by atoms with Gasteiger partial charge in [0.05, 0.1) is 24.3 Å². The van der Waals surface area contributed by atoms with Gasteiger partial charge in [0.2, 0.25) is 5.91 Å². The molecule has 0 bridgehead atoms. The summed E-state index contributed by atoms with van der Waals surface area (Å²) in [6, 6.07) is 13.3. The third kappa shape index (κ3) is 4.42. The summed E-state index contributed by atoms with van der Waals surface area (Å²) in [5.41, 5.74) is 2.54. The summed E-state index contributed by atoms with van der Waals surface area (Å²) in [7, 11) is 0. The van der Waals surface area contributed by atoms with Crippen LogP contribution in [0.25, 0.3) is 10.6 Å². The van der Waals surface area contributed by atoms with Crippen LogP contribution in [0.1, 0.15) is 18.3 Å². The Morgan fingerprint density at radius 2 is 2.00 bits per heavy atom. The van der Waals surface area contributed by atoms with Crippen LogP contribution in [-0.4, -0.2) is 22.5 Å². The molecule has 2 heterocycles. The SMILES string of the molecule is CCOc1ccccc1-c1nc(CC(=O)Nc2cccc(C)n2)cs1. The topological polar surface area (TPSA) is 64.1 Å². The molecule has 0 fully saturated rings. The van der Waals surface area contributed by atoms with Crippen molar-refractivity contribution in [2.45, 2.75) is 20.3 Å². The Kier molecular flexibility index (Phi) is 5.40. The number of para-hydroxylation sites is 1. The van der Waals surface area contributed by atoms with E-state index in [1.807, 2.05) is 55.6 Å². The van der Waals surface area contributed by atoms with E-state index in [9.17, 15) is 4.79 Å². The van der Waals surface area contributed by atoms with E-state index in [1.54, 1.807) is 6.07 Å². The molecular formula is C19H19N3O2S. The number of rotatable bonds is 6.